The molecular weight excluding hydrogens is 210 g/mol. The van der Waals surface area contributed by atoms with Crippen LogP contribution in [0.25, 0.3) is 10.9 Å². The number of aromatic amines is 1. The summed E-state index contributed by atoms with van der Waals surface area (Å²) in [6, 6.07) is 5.96. The number of benzene rings is 1. The van der Waals surface area contributed by atoms with Gasteiger partial charge in [-0.3, -0.25) is 4.79 Å². The number of aryl methyl sites for hydroxylation is 2. The number of H-pyrrole nitrogens is 1. The monoisotopic (exact) mass is 229 g/mol. The smallest absolute Gasteiger partial charge is 0.193 e. The third-order valence-corrected chi connectivity index (χ3v) is 3.31. The highest BCUT2D eigenvalue weighted by atomic mass is 16.1. The molecule has 1 aromatic heterocycles. The summed E-state index contributed by atoms with van der Waals surface area (Å²) in [5, 5.41) is 0.818. The first-order valence-corrected chi connectivity index (χ1v) is 6.20. The lowest BCUT2D eigenvalue weighted by Crippen LogP contribution is -2.15. The van der Waals surface area contributed by atoms with Crippen molar-refractivity contribution in [3.63, 3.8) is 0 Å². The average molecular weight is 229 g/mol. The van der Waals surface area contributed by atoms with E-state index in [4.69, 9.17) is 0 Å². The molecule has 2 heteroatoms. The summed E-state index contributed by atoms with van der Waals surface area (Å²) in [7, 11) is 0. The Morgan fingerprint density at radius 1 is 1.29 bits per heavy atom. The van der Waals surface area contributed by atoms with Crippen LogP contribution in [0.1, 0.15) is 43.5 Å². The number of aromatic nitrogens is 1. The molecule has 1 N–H and O–H groups in total. The Bertz CT molecular complexity index is 608. The number of pyridine rings is 1. The van der Waals surface area contributed by atoms with E-state index in [1.165, 1.54) is 5.56 Å². The molecule has 0 fully saturated rings. The summed E-state index contributed by atoms with van der Waals surface area (Å²) < 4.78 is 0. The first-order valence-electron chi connectivity index (χ1n) is 6.20. The van der Waals surface area contributed by atoms with Gasteiger partial charge in [0.25, 0.3) is 0 Å². The van der Waals surface area contributed by atoms with E-state index >= 15 is 0 Å². The zero-order valence-corrected chi connectivity index (χ0v) is 10.9. The summed E-state index contributed by atoms with van der Waals surface area (Å²) in [5.41, 5.74) is 4.30. The molecule has 0 saturated carbocycles. The molecule has 0 unspecified atom stereocenters. The SMILES string of the molecule is CCc1cccc2c(=O)c(C(C)C)c(C)[nH]c12. The molecule has 90 valence electrons. The Hall–Kier alpha value is -1.57. The Balaban J connectivity index is 2.91. The highest BCUT2D eigenvalue weighted by molar-refractivity contribution is 5.82. The molecule has 2 aromatic rings. The van der Waals surface area contributed by atoms with Crippen molar-refractivity contribution in [3.05, 3.63) is 45.2 Å². The van der Waals surface area contributed by atoms with Crippen molar-refractivity contribution in [2.45, 2.75) is 40.0 Å². The largest absolute Gasteiger partial charge is 0.358 e. The molecule has 0 spiro atoms. The molecule has 0 atom stereocenters. The van der Waals surface area contributed by atoms with Crippen LogP contribution in [0.5, 0.6) is 0 Å². The normalized spacial score (nSPS) is 11.4. The van der Waals surface area contributed by atoms with Gasteiger partial charge in [-0.1, -0.05) is 32.9 Å². The van der Waals surface area contributed by atoms with Crippen LogP contribution >= 0.6 is 0 Å². The van der Waals surface area contributed by atoms with Gasteiger partial charge in [-0.15, -0.1) is 0 Å². The van der Waals surface area contributed by atoms with Crippen molar-refractivity contribution in [1.29, 1.82) is 0 Å². The lowest BCUT2D eigenvalue weighted by molar-refractivity contribution is 0.838. The highest BCUT2D eigenvalue weighted by Crippen LogP contribution is 2.20. The zero-order chi connectivity index (χ0) is 12.6. The lowest BCUT2D eigenvalue weighted by atomic mass is 9.97. The molecule has 0 radical (unpaired) electrons. The Kier molecular flexibility index (Phi) is 3.05. The first-order chi connectivity index (χ1) is 8.06. The maximum Gasteiger partial charge on any atom is 0.193 e. The van der Waals surface area contributed by atoms with Gasteiger partial charge in [0.05, 0.1) is 5.52 Å². The van der Waals surface area contributed by atoms with E-state index in [9.17, 15) is 4.79 Å². The van der Waals surface area contributed by atoms with Crippen LogP contribution in [0.4, 0.5) is 0 Å². The summed E-state index contributed by atoms with van der Waals surface area (Å²) >= 11 is 0. The summed E-state index contributed by atoms with van der Waals surface area (Å²) in [6.45, 7) is 8.22. The van der Waals surface area contributed by atoms with E-state index in [1.54, 1.807) is 0 Å². The highest BCUT2D eigenvalue weighted by Gasteiger charge is 2.13. The second kappa shape index (κ2) is 4.36. The molecule has 0 saturated heterocycles. The molecule has 1 aromatic carbocycles. The van der Waals surface area contributed by atoms with E-state index in [0.29, 0.717) is 0 Å². The second-order valence-corrected chi connectivity index (χ2v) is 4.84. The maximum atomic E-state index is 12.4. The summed E-state index contributed by atoms with van der Waals surface area (Å²) in [6.07, 6.45) is 0.938. The third kappa shape index (κ3) is 1.88. The van der Waals surface area contributed by atoms with Gasteiger partial charge >= 0.3 is 0 Å². The van der Waals surface area contributed by atoms with Crippen molar-refractivity contribution in [1.82, 2.24) is 4.98 Å². The van der Waals surface area contributed by atoms with E-state index in [2.05, 4.69) is 31.8 Å². The molecule has 0 amide bonds. The van der Waals surface area contributed by atoms with Gasteiger partial charge < -0.3 is 4.98 Å². The summed E-state index contributed by atoms with van der Waals surface area (Å²) in [4.78, 5) is 15.8. The van der Waals surface area contributed by atoms with Crippen molar-refractivity contribution in [2.24, 2.45) is 0 Å². The van der Waals surface area contributed by atoms with E-state index in [1.807, 2.05) is 19.1 Å². The predicted molar refractivity (Wildman–Crippen MR) is 72.8 cm³/mol. The number of hydrogen-bond acceptors (Lipinski definition) is 1. The molecule has 2 nitrogen and oxygen atoms in total. The minimum atomic E-state index is 0.182. The fourth-order valence-corrected chi connectivity index (χ4v) is 2.50. The molecule has 1 heterocycles. The number of fused-ring (bicyclic) bond motifs is 1. The second-order valence-electron chi connectivity index (χ2n) is 4.84. The lowest BCUT2D eigenvalue weighted by Gasteiger charge is -2.12. The van der Waals surface area contributed by atoms with Crippen LogP contribution in [-0.4, -0.2) is 4.98 Å². The van der Waals surface area contributed by atoms with Crippen LogP contribution in [0, 0.1) is 6.92 Å². The molecule has 0 aliphatic carbocycles. The average Bonchev–Trinajstić information content (AvgIpc) is 2.28. The molecule has 2 rings (SSSR count). The Morgan fingerprint density at radius 2 is 2.00 bits per heavy atom. The van der Waals surface area contributed by atoms with Crippen LogP contribution < -0.4 is 5.43 Å². The third-order valence-electron chi connectivity index (χ3n) is 3.31. The van der Waals surface area contributed by atoms with Gasteiger partial charge in [-0.05, 0) is 30.9 Å². The first kappa shape index (κ1) is 11.9. The quantitative estimate of drug-likeness (QED) is 0.839. The topological polar surface area (TPSA) is 32.9 Å². The number of nitrogens with one attached hydrogen (secondary N) is 1. The fraction of sp³-hybridized carbons (Fsp3) is 0.400. The van der Waals surface area contributed by atoms with Gasteiger partial charge in [-0.25, -0.2) is 0 Å². The Labute approximate surface area is 102 Å². The maximum absolute atomic E-state index is 12.4. The van der Waals surface area contributed by atoms with Crippen molar-refractivity contribution < 1.29 is 0 Å². The molecule has 17 heavy (non-hydrogen) atoms. The van der Waals surface area contributed by atoms with Crippen LogP contribution in [-0.2, 0) is 6.42 Å². The molecule has 0 aliphatic rings. The predicted octanol–water partition coefficient (Wildman–Crippen LogP) is 3.52. The molecule has 0 aliphatic heterocycles. The van der Waals surface area contributed by atoms with Gasteiger partial charge in [0.2, 0.25) is 0 Å². The van der Waals surface area contributed by atoms with Gasteiger partial charge in [-0.2, -0.15) is 0 Å². The standard InChI is InChI=1S/C15H19NO/c1-5-11-7-6-8-12-14(11)16-10(4)13(9(2)3)15(12)17/h6-9H,5H2,1-4H3,(H,16,17). The Morgan fingerprint density at radius 3 is 2.59 bits per heavy atom. The van der Waals surface area contributed by atoms with E-state index < -0.39 is 0 Å². The fourth-order valence-electron chi connectivity index (χ4n) is 2.50. The van der Waals surface area contributed by atoms with E-state index in [-0.39, 0.29) is 11.3 Å². The minimum absolute atomic E-state index is 0.182. The zero-order valence-electron chi connectivity index (χ0n) is 10.9. The van der Waals surface area contributed by atoms with Crippen LogP contribution in [0.3, 0.4) is 0 Å². The van der Waals surface area contributed by atoms with Gasteiger partial charge in [0.1, 0.15) is 0 Å². The van der Waals surface area contributed by atoms with Crippen molar-refractivity contribution in [3.8, 4) is 0 Å². The number of para-hydroxylation sites is 1. The molecular formula is C15H19NO. The summed E-state index contributed by atoms with van der Waals surface area (Å²) in [5.74, 6) is 0.258. The minimum Gasteiger partial charge on any atom is -0.358 e. The van der Waals surface area contributed by atoms with Crippen LogP contribution in [0.15, 0.2) is 23.0 Å². The van der Waals surface area contributed by atoms with Crippen molar-refractivity contribution in [2.75, 3.05) is 0 Å². The van der Waals surface area contributed by atoms with Gasteiger partial charge in [0, 0.05) is 16.6 Å². The van der Waals surface area contributed by atoms with Crippen molar-refractivity contribution >= 4 is 10.9 Å². The van der Waals surface area contributed by atoms with Crippen LogP contribution in [0.2, 0.25) is 0 Å². The molecule has 0 bridgehead atoms. The number of hydrogen-bond donors (Lipinski definition) is 1. The van der Waals surface area contributed by atoms with E-state index in [0.717, 1.165) is 28.6 Å². The number of rotatable bonds is 2. The van der Waals surface area contributed by atoms with Gasteiger partial charge in [0.15, 0.2) is 5.43 Å².